The second kappa shape index (κ2) is 13.8. The highest BCUT2D eigenvalue weighted by Crippen LogP contribution is 2.30. The molecule has 1 saturated heterocycles. The molecular weight excluding hydrogens is 492 g/mol. The number of hydrogen-bond acceptors (Lipinski definition) is 9. The topological polar surface area (TPSA) is 122 Å². The molecule has 0 bridgehead atoms. The quantitative estimate of drug-likeness (QED) is 0.487. The number of aromatic nitrogens is 1. The summed E-state index contributed by atoms with van der Waals surface area (Å²) in [4.78, 5) is 41.9. The van der Waals surface area contributed by atoms with Crippen LogP contribution in [-0.4, -0.2) is 61.4 Å². The highest BCUT2D eigenvalue weighted by atomic mass is 16.6. The van der Waals surface area contributed by atoms with Crippen LogP contribution >= 0.6 is 0 Å². The van der Waals surface area contributed by atoms with Gasteiger partial charge in [0.05, 0.1) is 20.3 Å². The standard InChI is InChI=1S/C28H36N2O8/c1-17(2)11-12-21-18(3)36-28(33)22(15-35-16-24(21)38-20-9-7-6-8-10-20)30-27(32)25-26(37-19(4)31)23(34-5)13-14-29-25/h6-10,13-14,17-18,21-22,24H,11-12,15-16H2,1-5H3,(H,30,32)/t18-,21-,22-,24-/m0/s1. The van der Waals surface area contributed by atoms with Gasteiger partial charge in [0.2, 0.25) is 5.75 Å². The molecule has 1 fully saturated rings. The number of amides is 1. The van der Waals surface area contributed by atoms with Gasteiger partial charge in [-0.3, -0.25) is 9.59 Å². The average molecular weight is 529 g/mol. The Bertz CT molecular complexity index is 1090. The molecule has 1 amide bonds. The lowest BCUT2D eigenvalue weighted by atomic mass is 9.89. The van der Waals surface area contributed by atoms with Crippen molar-refractivity contribution in [2.75, 3.05) is 20.3 Å². The third-order valence-electron chi connectivity index (χ3n) is 6.20. The Morgan fingerprint density at radius 3 is 2.55 bits per heavy atom. The number of esters is 2. The second-order valence-corrected chi connectivity index (χ2v) is 9.59. The third kappa shape index (κ3) is 7.92. The van der Waals surface area contributed by atoms with E-state index in [1.54, 1.807) is 0 Å². The Morgan fingerprint density at radius 2 is 1.89 bits per heavy atom. The lowest BCUT2D eigenvalue weighted by Gasteiger charge is -2.31. The molecule has 0 aliphatic carbocycles. The van der Waals surface area contributed by atoms with Crippen molar-refractivity contribution >= 4 is 17.8 Å². The number of para-hydroxylation sites is 1. The van der Waals surface area contributed by atoms with Crippen LogP contribution in [0.4, 0.5) is 0 Å². The average Bonchev–Trinajstić information content (AvgIpc) is 2.92. The molecule has 1 aliphatic rings. The number of carbonyl (C=O) groups is 3. The van der Waals surface area contributed by atoms with E-state index in [9.17, 15) is 14.4 Å². The summed E-state index contributed by atoms with van der Waals surface area (Å²) in [6.45, 7) is 7.35. The minimum Gasteiger partial charge on any atom is -0.493 e. The maximum atomic E-state index is 13.1. The summed E-state index contributed by atoms with van der Waals surface area (Å²) in [6.07, 6.45) is 2.16. The van der Waals surface area contributed by atoms with Crippen molar-refractivity contribution in [2.45, 2.75) is 58.8 Å². The molecule has 1 aliphatic heterocycles. The molecule has 0 spiro atoms. The van der Waals surface area contributed by atoms with E-state index in [-0.39, 0.29) is 42.4 Å². The van der Waals surface area contributed by atoms with Crippen molar-refractivity contribution in [1.82, 2.24) is 10.3 Å². The predicted octanol–water partition coefficient (Wildman–Crippen LogP) is 3.58. The molecule has 2 aromatic rings. The van der Waals surface area contributed by atoms with E-state index in [2.05, 4.69) is 24.1 Å². The summed E-state index contributed by atoms with van der Waals surface area (Å²) in [5, 5.41) is 2.61. The zero-order valence-corrected chi connectivity index (χ0v) is 22.5. The first-order chi connectivity index (χ1) is 18.2. The molecule has 4 atom stereocenters. The molecule has 1 N–H and O–H groups in total. The van der Waals surface area contributed by atoms with Gasteiger partial charge >= 0.3 is 11.9 Å². The zero-order valence-electron chi connectivity index (χ0n) is 22.5. The number of methoxy groups -OCH3 is 1. The van der Waals surface area contributed by atoms with Crippen LogP contribution in [0.1, 0.15) is 51.0 Å². The van der Waals surface area contributed by atoms with Crippen molar-refractivity contribution in [3.05, 3.63) is 48.3 Å². The minimum absolute atomic E-state index is 0.133. The minimum atomic E-state index is -1.12. The van der Waals surface area contributed by atoms with Gasteiger partial charge in [0.15, 0.2) is 17.5 Å². The van der Waals surface area contributed by atoms with Gasteiger partial charge < -0.3 is 29.0 Å². The summed E-state index contributed by atoms with van der Waals surface area (Å²) in [5.74, 6) is -1.01. The van der Waals surface area contributed by atoms with Crippen LogP contribution in [0.25, 0.3) is 0 Å². The maximum absolute atomic E-state index is 13.1. The van der Waals surface area contributed by atoms with Crippen LogP contribution in [0.5, 0.6) is 17.2 Å². The summed E-state index contributed by atoms with van der Waals surface area (Å²) in [6, 6.07) is 9.76. The van der Waals surface area contributed by atoms with Crippen molar-refractivity contribution in [3.63, 3.8) is 0 Å². The second-order valence-electron chi connectivity index (χ2n) is 9.59. The van der Waals surface area contributed by atoms with E-state index in [1.165, 1.54) is 26.3 Å². The third-order valence-corrected chi connectivity index (χ3v) is 6.20. The molecule has 10 heteroatoms. The van der Waals surface area contributed by atoms with Crippen LogP contribution in [0.3, 0.4) is 0 Å². The van der Waals surface area contributed by atoms with E-state index >= 15 is 0 Å². The van der Waals surface area contributed by atoms with Gasteiger partial charge in [-0.1, -0.05) is 38.5 Å². The van der Waals surface area contributed by atoms with Crippen LogP contribution in [0.2, 0.25) is 0 Å². The monoisotopic (exact) mass is 528 g/mol. The van der Waals surface area contributed by atoms with Crippen LogP contribution < -0.4 is 19.5 Å². The van der Waals surface area contributed by atoms with E-state index < -0.39 is 30.0 Å². The molecule has 38 heavy (non-hydrogen) atoms. The number of ether oxygens (including phenoxy) is 5. The van der Waals surface area contributed by atoms with Crippen molar-refractivity contribution in [2.24, 2.45) is 11.8 Å². The van der Waals surface area contributed by atoms with Crippen molar-refractivity contribution in [1.29, 1.82) is 0 Å². The van der Waals surface area contributed by atoms with Crippen LogP contribution in [0.15, 0.2) is 42.6 Å². The molecule has 0 saturated carbocycles. The Kier molecular flexibility index (Phi) is 10.5. The molecule has 1 aromatic heterocycles. The molecule has 0 unspecified atom stereocenters. The fourth-order valence-electron chi connectivity index (χ4n) is 4.21. The first-order valence-corrected chi connectivity index (χ1v) is 12.7. The van der Waals surface area contributed by atoms with Gasteiger partial charge in [-0.05, 0) is 31.4 Å². The molecule has 3 rings (SSSR count). The lowest BCUT2D eigenvalue weighted by molar-refractivity contribution is -0.154. The number of hydrogen-bond donors (Lipinski definition) is 1. The smallest absolute Gasteiger partial charge is 0.331 e. The number of carbonyl (C=O) groups excluding carboxylic acids is 3. The molecular formula is C28H36N2O8. The fraction of sp³-hybridized carbons (Fsp3) is 0.500. The SMILES string of the molecule is COc1ccnc(C(=O)N[C@H]2COC[C@H](Oc3ccccc3)[C@@H](CCC(C)C)[C@H](C)OC2=O)c1OC(C)=O. The number of cyclic esters (lactones) is 1. The molecule has 206 valence electrons. The summed E-state index contributed by atoms with van der Waals surface area (Å²) >= 11 is 0. The molecule has 2 heterocycles. The van der Waals surface area contributed by atoms with Crippen molar-refractivity contribution in [3.8, 4) is 17.2 Å². The number of pyridine rings is 1. The van der Waals surface area contributed by atoms with Crippen molar-refractivity contribution < 1.29 is 38.1 Å². The van der Waals surface area contributed by atoms with Gasteiger partial charge in [-0.25, -0.2) is 9.78 Å². The van der Waals surface area contributed by atoms with Gasteiger partial charge in [0.25, 0.3) is 5.91 Å². The first kappa shape index (κ1) is 28.9. The number of rotatable bonds is 9. The Hall–Kier alpha value is -3.66. The van der Waals surface area contributed by atoms with Gasteiger partial charge in [-0.15, -0.1) is 0 Å². The largest absolute Gasteiger partial charge is 0.493 e. The number of nitrogens with zero attached hydrogens (tertiary/aromatic N) is 1. The Labute approximate surface area is 223 Å². The number of benzene rings is 1. The normalized spacial score (nSPS) is 21.9. The van der Waals surface area contributed by atoms with Crippen LogP contribution in [-0.2, 0) is 19.1 Å². The van der Waals surface area contributed by atoms with E-state index in [1.807, 2.05) is 37.3 Å². The van der Waals surface area contributed by atoms with E-state index in [0.29, 0.717) is 11.7 Å². The maximum Gasteiger partial charge on any atom is 0.331 e. The predicted molar refractivity (Wildman–Crippen MR) is 138 cm³/mol. The van der Waals surface area contributed by atoms with Gasteiger partial charge in [0, 0.05) is 25.1 Å². The fourth-order valence-corrected chi connectivity index (χ4v) is 4.21. The summed E-state index contributed by atoms with van der Waals surface area (Å²) in [5.41, 5.74) is -0.208. The molecule has 0 radical (unpaired) electrons. The van der Waals surface area contributed by atoms with E-state index in [4.69, 9.17) is 23.7 Å². The molecule has 10 nitrogen and oxygen atoms in total. The Balaban J connectivity index is 1.81. The van der Waals surface area contributed by atoms with E-state index in [0.717, 1.165) is 12.8 Å². The lowest BCUT2D eigenvalue weighted by Crippen LogP contribution is -2.46. The first-order valence-electron chi connectivity index (χ1n) is 12.7. The van der Waals surface area contributed by atoms with Crippen LogP contribution in [0, 0.1) is 11.8 Å². The molecule has 1 aromatic carbocycles. The van der Waals surface area contributed by atoms with Gasteiger partial charge in [0.1, 0.15) is 18.0 Å². The summed E-state index contributed by atoms with van der Waals surface area (Å²) in [7, 11) is 1.37. The summed E-state index contributed by atoms with van der Waals surface area (Å²) < 4.78 is 28.4. The highest BCUT2D eigenvalue weighted by Gasteiger charge is 2.36. The number of nitrogens with one attached hydrogen (secondary N) is 1. The zero-order chi connectivity index (χ0) is 27.7. The van der Waals surface area contributed by atoms with Gasteiger partial charge in [-0.2, -0.15) is 0 Å². The highest BCUT2D eigenvalue weighted by molar-refractivity contribution is 5.98. The Morgan fingerprint density at radius 1 is 1.16 bits per heavy atom.